The van der Waals surface area contributed by atoms with E-state index in [0.717, 1.165) is 48.4 Å². The molecule has 2 aromatic rings. The summed E-state index contributed by atoms with van der Waals surface area (Å²) >= 11 is 1.47. The Labute approximate surface area is 222 Å². The average Bonchev–Trinajstić information content (AvgIpc) is 2.86. The summed E-state index contributed by atoms with van der Waals surface area (Å²) in [5, 5.41) is 12.1. The summed E-state index contributed by atoms with van der Waals surface area (Å²) in [6.45, 7) is 9.90. The number of hydrogen-bond acceptors (Lipinski definition) is 3. The van der Waals surface area contributed by atoms with Crippen molar-refractivity contribution in [2.75, 3.05) is 24.2 Å². The maximum atomic E-state index is 13.1. The van der Waals surface area contributed by atoms with Gasteiger partial charge in [-0.25, -0.2) is 4.79 Å². The first-order valence-electron chi connectivity index (χ1n) is 13.4. The maximum absolute atomic E-state index is 13.1. The van der Waals surface area contributed by atoms with Gasteiger partial charge in [0.15, 0.2) is 0 Å². The van der Waals surface area contributed by atoms with E-state index in [2.05, 4.69) is 50.4 Å². The molecule has 0 spiro atoms. The van der Waals surface area contributed by atoms with Gasteiger partial charge in [-0.1, -0.05) is 89.8 Å². The molecule has 0 aliphatic carbocycles. The smallest absolute Gasteiger partial charge is 0.321 e. The molecule has 0 fully saturated rings. The number of amides is 2. The number of carboxylic acids is 1. The zero-order chi connectivity index (χ0) is 26.3. The first-order valence-corrected chi connectivity index (χ1v) is 14.5. The van der Waals surface area contributed by atoms with Gasteiger partial charge in [-0.15, -0.1) is 11.8 Å². The zero-order valence-corrected chi connectivity index (χ0v) is 23.3. The molecule has 0 unspecified atom stereocenters. The molecule has 198 valence electrons. The van der Waals surface area contributed by atoms with Crippen LogP contribution in [0.4, 0.5) is 10.5 Å². The Morgan fingerprint density at radius 3 is 2.11 bits per heavy atom. The van der Waals surface area contributed by atoms with Gasteiger partial charge in [-0.3, -0.25) is 4.79 Å². The van der Waals surface area contributed by atoms with Crippen molar-refractivity contribution >= 4 is 29.4 Å². The third kappa shape index (κ3) is 10.7. The Kier molecular flexibility index (Phi) is 13.5. The van der Waals surface area contributed by atoms with E-state index in [1.807, 2.05) is 36.1 Å². The molecule has 36 heavy (non-hydrogen) atoms. The van der Waals surface area contributed by atoms with Crippen LogP contribution in [0.3, 0.4) is 0 Å². The van der Waals surface area contributed by atoms with E-state index in [-0.39, 0.29) is 6.03 Å². The predicted octanol–water partition coefficient (Wildman–Crippen LogP) is 7.61. The van der Waals surface area contributed by atoms with Gasteiger partial charge in [0.2, 0.25) is 0 Å². The molecule has 0 saturated heterocycles. The van der Waals surface area contributed by atoms with E-state index >= 15 is 0 Å². The summed E-state index contributed by atoms with van der Waals surface area (Å²) in [7, 11) is 0. The lowest BCUT2D eigenvalue weighted by molar-refractivity contribution is -0.136. The average molecular weight is 513 g/mol. The number of benzene rings is 2. The van der Waals surface area contributed by atoms with Crippen LogP contribution < -0.4 is 5.32 Å². The molecular formula is C30H44N2O3S. The van der Waals surface area contributed by atoms with Crippen molar-refractivity contribution in [1.82, 2.24) is 4.90 Å². The summed E-state index contributed by atoms with van der Waals surface area (Å²) in [5.74, 6) is 0.485. The second kappa shape index (κ2) is 16.3. The van der Waals surface area contributed by atoms with E-state index in [1.165, 1.54) is 36.6 Å². The van der Waals surface area contributed by atoms with Crippen molar-refractivity contribution in [2.24, 2.45) is 0 Å². The fraction of sp³-hybridized carbons (Fsp3) is 0.533. The predicted molar refractivity (Wildman–Crippen MR) is 153 cm³/mol. The molecule has 0 bridgehead atoms. The van der Waals surface area contributed by atoms with Crippen molar-refractivity contribution in [1.29, 1.82) is 0 Å². The normalized spacial score (nSPS) is 11.9. The first kappa shape index (κ1) is 29.8. The third-order valence-corrected chi connectivity index (χ3v) is 7.51. The van der Waals surface area contributed by atoms with E-state index in [4.69, 9.17) is 0 Å². The minimum atomic E-state index is -0.759. The van der Waals surface area contributed by atoms with Crippen LogP contribution in [-0.4, -0.2) is 46.1 Å². The van der Waals surface area contributed by atoms with Crippen molar-refractivity contribution in [3.63, 3.8) is 0 Å². The highest BCUT2D eigenvalue weighted by molar-refractivity contribution is 8.00. The van der Waals surface area contributed by atoms with Crippen molar-refractivity contribution in [3.8, 4) is 0 Å². The summed E-state index contributed by atoms with van der Waals surface area (Å²) in [5.41, 5.74) is 4.26. The Morgan fingerprint density at radius 1 is 0.889 bits per heavy atom. The van der Waals surface area contributed by atoms with Crippen LogP contribution in [0.2, 0.25) is 0 Å². The summed E-state index contributed by atoms with van der Waals surface area (Å²) in [4.78, 5) is 26.5. The molecule has 0 heterocycles. The number of anilines is 1. The second-order valence-electron chi connectivity index (χ2n) is 9.66. The molecule has 6 heteroatoms. The minimum Gasteiger partial charge on any atom is -0.480 e. The number of hydrogen-bond donors (Lipinski definition) is 2. The molecular weight excluding hydrogens is 468 g/mol. The summed E-state index contributed by atoms with van der Waals surface area (Å²) in [6.07, 6.45) is 7.08. The second-order valence-corrected chi connectivity index (χ2v) is 11.1. The SMILES string of the molecule is CCCCCCCN(CCc1ccc(C[C@@H](SCC)C(=O)O)cc1)C(=O)Nc1ccc(C(C)C)cc1. The molecule has 0 radical (unpaired) electrons. The Morgan fingerprint density at radius 2 is 1.53 bits per heavy atom. The fourth-order valence-corrected chi connectivity index (χ4v) is 4.97. The van der Waals surface area contributed by atoms with Gasteiger partial charge >= 0.3 is 12.0 Å². The van der Waals surface area contributed by atoms with Crippen molar-refractivity contribution in [3.05, 3.63) is 65.2 Å². The van der Waals surface area contributed by atoms with Crippen LogP contribution in [0.15, 0.2) is 48.5 Å². The molecule has 2 rings (SSSR count). The number of nitrogens with zero attached hydrogens (tertiary/aromatic N) is 1. The van der Waals surface area contributed by atoms with Gasteiger partial charge < -0.3 is 15.3 Å². The van der Waals surface area contributed by atoms with Gasteiger partial charge in [0.05, 0.1) is 0 Å². The molecule has 0 aliphatic rings. The van der Waals surface area contributed by atoms with Crippen LogP contribution in [0.5, 0.6) is 0 Å². The monoisotopic (exact) mass is 512 g/mol. The number of thioether (sulfide) groups is 1. The molecule has 0 aliphatic heterocycles. The van der Waals surface area contributed by atoms with Gasteiger partial charge in [0.1, 0.15) is 5.25 Å². The minimum absolute atomic E-state index is 0.0553. The molecule has 0 aromatic heterocycles. The lowest BCUT2D eigenvalue weighted by atomic mass is 10.0. The Hall–Kier alpha value is -2.47. The van der Waals surface area contributed by atoms with E-state index in [9.17, 15) is 14.7 Å². The number of carboxylic acid groups (broad SMARTS) is 1. The quantitative estimate of drug-likeness (QED) is 0.227. The highest BCUT2D eigenvalue weighted by atomic mass is 32.2. The zero-order valence-electron chi connectivity index (χ0n) is 22.5. The number of carbonyl (C=O) groups excluding carboxylic acids is 1. The number of rotatable bonds is 16. The van der Waals surface area contributed by atoms with Crippen molar-refractivity contribution < 1.29 is 14.7 Å². The van der Waals surface area contributed by atoms with E-state index in [0.29, 0.717) is 18.9 Å². The number of carbonyl (C=O) groups is 2. The highest BCUT2D eigenvalue weighted by Crippen LogP contribution is 2.19. The molecule has 1 atom stereocenters. The van der Waals surface area contributed by atoms with Crippen molar-refractivity contribution in [2.45, 2.75) is 83.8 Å². The van der Waals surface area contributed by atoms with E-state index in [1.54, 1.807) is 0 Å². The molecule has 2 aromatic carbocycles. The van der Waals surface area contributed by atoms with Crippen LogP contribution in [0, 0.1) is 0 Å². The standard InChI is InChI=1S/C30H44N2O3S/c1-5-7-8-9-10-20-32(30(35)31-27-17-15-26(16-18-27)23(3)4)21-19-24-11-13-25(14-12-24)22-28(29(33)34)36-6-2/h11-18,23,28H,5-10,19-22H2,1-4H3,(H,31,35)(H,33,34)/t28-/m1/s1. The van der Waals surface area contributed by atoms with Gasteiger partial charge in [0.25, 0.3) is 0 Å². The van der Waals surface area contributed by atoms with Crippen LogP contribution in [-0.2, 0) is 17.6 Å². The largest absolute Gasteiger partial charge is 0.480 e. The summed E-state index contributed by atoms with van der Waals surface area (Å²) in [6, 6.07) is 16.2. The number of nitrogens with one attached hydrogen (secondary N) is 1. The summed E-state index contributed by atoms with van der Waals surface area (Å²) < 4.78 is 0. The highest BCUT2D eigenvalue weighted by Gasteiger charge is 2.18. The van der Waals surface area contributed by atoms with Gasteiger partial charge in [-0.2, -0.15) is 0 Å². The molecule has 0 saturated carbocycles. The maximum Gasteiger partial charge on any atom is 0.321 e. The van der Waals surface area contributed by atoms with E-state index < -0.39 is 11.2 Å². The Bertz CT molecular complexity index is 913. The van der Waals surface area contributed by atoms with Gasteiger partial charge in [0, 0.05) is 18.8 Å². The van der Waals surface area contributed by atoms with Crippen LogP contribution in [0.1, 0.15) is 82.4 Å². The lowest BCUT2D eigenvalue weighted by Gasteiger charge is -2.23. The van der Waals surface area contributed by atoms with Crippen LogP contribution >= 0.6 is 11.8 Å². The topological polar surface area (TPSA) is 69.6 Å². The molecule has 5 nitrogen and oxygen atoms in total. The molecule has 2 amide bonds. The fourth-order valence-electron chi connectivity index (χ4n) is 4.11. The molecule has 2 N–H and O–H groups in total. The first-order chi connectivity index (χ1) is 17.3. The van der Waals surface area contributed by atoms with Gasteiger partial charge in [-0.05, 0) is 59.8 Å². The lowest BCUT2D eigenvalue weighted by Crippen LogP contribution is -2.37. The number of urea groups is 1. The number of aliphatic carboxylic acids is 1. The third-order valence-electron chi connectivity index (χ3n) is 6.41. The number of unbranched alkanes of at least 4 members (excludes halogenated alkanes) is 4. The Balaban J connectivity index is 1.98. The van der Waals surface area contributed by atoms with Crippen LogP contribution in [0.25, 0.3) is 0 Å².